The Balaban J connectivity index is 1.36. The molecule has 5 heteroatoms. The zero-order valence-corrected chi connectivity index (χ0v) is 15.2. The standard InChI is InChI=1S/C21H25N5/c1-17-23-15-21(26(17)19-6-3-2-4-7-19)16-24-18-9-12-25(13-10-18)20-8-5-11-22-14-20/h2-8,11,14-15,18,24H,9-10,12-13,16H2,1H3. The van der Waals surface area contributed by atoms with Crippen molar-refractivity contribution in [1.29, 1.82) is 0 Å². The quantitative estimate of drug-likeness (QED) is 0.769. The van der Waals surface area contributed by atoms with Crippen molar-refractivity contribution in [2.45, 2.75) is 32.4 Å². The average molecular weight is 347 g/mol. The smallest absolute Gasteiger partial charge is 0.110 e. The molecule has 5 nitrogen and oxygen atoms in total. The second-order valence-corrected chi connectivity index (χ2v) is 6.82. The number of hydrogen-bond donors (Lipinski definition) is 1. The number of piperidine rings is 1. The highest BCUT2D eigenvalue weighted by Crippen LogP contribution is 2.19. The van der Waals surface area contributed by atoms with Crippen LogP contribution in [-0.4, -0.2) is 33.7 Å². The minimum absolute atomic E-state index is 0.544. The Morgan fingerprint density at radius 2 is 1.77 bits per heavy atom. The van der Waals surface area contributed by atoms with Crippen LogP contribution in [0.1, 0.15) is 24.4 Å². The second-order valence-electron chi connectivity index (χ2n) is 6.82. The van der Waals surface area contributed by atoms with Gasteiger partial charge in [0.15, 0.2) is 0 Å². The lowest BCUT2D eigenvalue weighted by atomic mass is 10.0. The number of aryl methyl sites for hydroxylation is 1. The molecule has 0 spiro atoms. The van der Waals surface area contributed by atoms with E-state index >= 15 is 0 Å². The number of aromatic nitrogens is 3. The fourth-order valence-corrected chi connectivity index (χ4v) is 3.68. The summed E-state index contributed by atoms with van der Waals surface area (Å²) in [7, 11) is 0. The van der Waals surface area contributed by atoms with Gasteiger partial charge in [-0.2, -0.15) is 0 Å². The number of imidazole rings is 1. The van der Waals surface area contributed by atoms with Gasteiger partial charge in [-0.1, -0.05) is 18.2 Å². The molecule has 0 unspecified atom stereocenters. The van der Waals surface area contributed by atoms with E-state index in [0.29, 0.717) is 6.04 Å². The number of nitrogens with zero attached hydrogens (tertiary/aromatic N) is 4. The Labute approximate surface area is 154 Å². The Kier molecular flexibility index (Phi) is 4.97. The Morgan fingerprint density at radius 3 is 2.50 bits per heavy atom. The number of hydrogen-bond acceptors (Lipinski definition) is 4. The molecule has 134 valence electrons. The lowest BCUT2D eigenvalue weighted by molar-refractivity contribution is 0.411. The molecule has 3 aromatic rings. The van der Waals surface area contributed by atoms with E-state index in [1.54, 1.807) is 0 Å². The molecular formula is C21H25N5. The molecule has 0 radical (unpaired) electrons. The lowest BCUT2D eigenvalue weighted by Crippen LogP contribution is -2.42. The number of para-hydroxylation sites is 1. The van der Waals surface area contributed by atoms with E-state index in [4.69, 9.17) is 0 Å². The third-order valence-electron chi connectivity index (χ3n) is 5.10. The van der Waals surface area contributed by atoms with Crippen LogP contribution in [0.4, 0.5) is 5.69 Å². The van der Waals surface area contributed by atoms with Crippen LogP contribution in [0.5, 0.6) is 0 Å². The van der Waals surface area contributed by atoms with Gasteiger partial charge < -0.3 is 10.2 Å². The maximum absolute atomic E-state index is 4.52. The van der Waals surface area contributed by atoms with Gasteiger partial charge in [-0.25, -0.2) is 4.98 Å². The SMILES string of the molecule is Cc1ncc(CNC2CCN(c3cccnc3)CC2)n1-c1ccccc1. The van der Waals surface area contributed by atoms with Crippen molar-refractivity contribution in [1.82, 2.24) is 19.9 Å². The van der Waals surface area contributed by atoms with E-state index in [-0.39, 0.29) is 0 Å². The number of benzene rings is 1. The largest absolute Gasteiger partial charge is 0.370 e. The highest BCUT2D eigenvalue weighted by molar-refractivity contribution is 5.44. The summed E-state index contributed by atoms with van der Waals surface area (Å²) in [5.41, 5.74) is 3.61. The Bertz CT molecular complexity index is 820. The molecule has 3 heterocycles. The van der Waals surface area contributed by atoms with E-state index in [1.807, 2.05) is 30.7 Å². The molecule has 4 rings (SSSR count). The highest BCUT2D eigenvalue weighted by Gasteiger charge is 2.19. The fourth-order valence-electron chi connectivity index (χ4n) is 3.68. The molecule has 0 amide bonds. The number of pyridine rings is 1. The normalized spacial score (nSPS) is 15.3. The summed E-state index contributed by atoms with van der Waals surface area (Å²) in [5, 5.41) is 3.73. The van der Waals surface area contributed by atoms with Crippen LogP contribution in [0, 0.1) is 6.92 Å². The summed E-state index contributed by atoms with van der Waals surface area (Å²) < 4.78 is 2.23. The number of anilines is 1. The number of nitrogens with one attached hydrogen (secondary N) is 1. The van der Waals surface area contributed by atoms with E-state index in [0.717, 1.165) is 38.3 Å². The first-order valence-corrected chi connectivity index (χ1v) is 9.28. The van der Waals surface area contributed by atoms with Crippen LogP contribution in [-0.2, 0) is 6.54 Å². The summed E-state index contributed by atoms with van der Waals surface area (Å²) in [6.45, 7) is 5.04. The first-order valence-electron chi connectivity index (χ1n) is 9.28. The highest BCUT2D eigenvalue weighted by atomic mass is 15.2. The molecule has 0 atom stereocenters. The molecule has 0 saturated carbocycles. The summed E-state index contributed by atoms with van der Waals surface area (Å²) >= 11 is 0. The molecule has 1 aliphatic rings. The molecule has 1 aromatic carbocycles. The van der Waals surface area contributed by atoms with Crippen LogP contribution in [0.15, 0.2) is 61.1 Å². The molecule has 1 saturated heterocycles. The van der Waals surface area contributed by atoms with Gasteiger partial charge in [-0.05, 0) is 44.0 Å². The lowest BCUT2D eigenvalue weighted by Gasteiger charge is -2.33. The predicted molar refractivity (Wildman–Crippen MR) is 105 cm³/mol. The monoisotopic (exact) mass is 347 g/mol. The summed E-state index contributed by atoms with van der Waals surface area (Å²) in [4.78, 5) is 11.2. The van der Waals surface area contributed by atoms with Crippen LogP contribution < -0.4 is 10.2 Å². The van der Waals surface area contributed by atoms with Crippen molar-refractivity contribution >= 4 is 5.69 Å². The van der Waals surface area contributed by atoms with Crippen LogP contribution in [0.25, 0.3) is 5.69 Å². The van der Waals surface area contributed by atoms with Crippen molar-refractivity contribution in [2.75, 3.05) is 18.0 Å². The van der Waals surface area contributed by atoms with Gasteiger partial charge in [0.25, 0.3) is 0 Å². The number of rotatable bonds is 5. The predicted octanol–water partition coefficient (Wildman–Crippen LogP) is 3.33. The molecule has 1 fully saturated rings. The Morgan fingerprint density at radius 1 is 1.00 bits per heavy atom. The molecular weight excluding hydrogens is 322 g/mol. The fraction of sp³-hybridized carbons (Fsp3) is 0.333. The van der Waals surface area contributed by atoms with Crippen LogP contribution in [0.3, 0.4) is 0 Å². The van der Waals surface area contributed by atoms with Gasteiger partial charge in [0, 0.05) is 37.6 Å². The Hall–Kier alpha value is -2.66. The maximum Gasteiger partial charge on any atom is 0.110 e. The molecule has 0 aliphatic carbocycles. The zero-order valence-electron chi connectivity index (χ0n) is 15.2. The van der Waals surface area contributed by atoms with Crippen molar-refractivity contribution < 1.29 is 0 Å². The van der Waals surface area contributed by atoms with Crippen molar-refractivity contribution in [3.63, 3.8) is 0 Å². The third kappa shape index (κ3) is 3.63. The van der Waals surface area contributed by atoms with Gasteiger partial charge in [-0.3, -0.25) is 9.55 Å². The minimum Gasteiger partial charge on any atom is -0.370 e. The van der Waals surface area contributed by atoms with Gasteiger partial charge in [0.2, 0.25) is 0 Å². The van der Waals surface area contributed by atoms with Crippen molar-refractivity contribution in [2.24, 2.45) is 0 Å². The van der Waals surface area contributed by atoms with E-state index in [9.17, 15) is 0 Å². The van der Waals surface area contributed by atoms with Crippen LogP contribution >= 0.6 is 0 Å². The van der Waals surface area contributed by atoms with Gasteiger partial charge >= 0.3 is 0 Å². The summed E-state index contributed by atoms with van der Waals surface area (Å²) in [5.74, 6) is 1.03. The maximum atomic E-state index is 4.52. The van der Waals surface area contributed by atoms with Crippen molar-refractivity contribution in [3.8, 4) is 5.69 Å². The molecule has 26 heavy (non-hydrogen) atoms. The topological polar surface area (TPSA) is 46.0 Å². The first-order chi connectivity index (χ1) is 12.8. The molecule has 2 aromatic heterocycles. The third-order valence-corrected chi connectivity index (χ3v) is 5.10. The van der Waals surface area contributed by atoms with E-state index < -0.39 is 0 Å². The van der Waals surface area contributed by atoms with Gasteiger partial charge in [0.1, 0.15) is 5.82 Å². The molecule has 1 aliphatic heterocycles. The molecule has 1 N–H and O–H groups in total. The van der Waals surface area contributed by atoms with Crippen molar-refractivity contribution in [3.05, 3.63) is 72.6 Å². The van der Waals surface area contributed by atoms with E-state index in [2.05, 4.69) is 62.0 Å². The second kappa shape index (κ2) is 7.70. The van der Waals surface area contributed by atoms with Gasteiger partial charge in [-0.15, -0.1) is 0 Å². The minimum atomic E-state index is 0.544. The summed E-state index contributed by atoms with van der Waals surface area (Å²) in [6.07, 6.45) is 8.06. The molecule has 0 bridgehead atoms. The zero-order chi connectivity index (χ0) is 17.8. The van der Waals surface area contributed by atoms with Crippen LogP contribution in [0.2, 0.25) is 0 Å². The average Bonchev–Trinajstić information content (AvgIpc) is 3.08. The summed E-state index contributed by atoms with van der Waals surface area (Å²) in [6, 6.07) is 15.1. The van der Waals surface area contributed by atoms with Gasteiger partial charge in [0.05, 0.1) is 23.8 Å². The first kappa shape index (κ1) is 16.8. The van der Waals surface area contributed by atoms with E-state index in [1.165, 1.54) is 17.1 Å².